The summed E-state index contributed by atoms with van der Waals surface area (Å²) in [6, 6.07) is 8.90. The molecule has 0 saturated carbocycles. The van der Waals surface area contributed by atoms with E-state index in [1.165, 1.54) is 0 Å². The lowest BCUT2D eigenvalue weighted by molar-refractivity contribution is -0.141. The Hall–Kier alpha value is -2.43. The lowest BCUT2D eigenvalue weighted by atomic mass is 10.1. The molecule has 1 aromatic carbocycles. The number of fused-ring (bicyclic) bond motifs is 1. The number of nitrogens with zero attached hydrogens (tertiary/aromatic N) is 1. The van der Waals surface area contributed by atoms with E-state index in [1.54, 1.807) is 31.3 Å². The highest BCUT2D eigenvalue weighted by molar-refractivity contribution is 5.98. The highest BCUT2D eigenvalue weighted by Crippen LogP contribution is 2.13. The molecule has 0 bridgehead atoms. The predicted octanol–water partition coefficient (Wildman–Crippen LogP) is 2.08. The van der Waals surface area contributed by atoms with E-state index in [1.807, 2.05) is 12.1 Å². The third-order valence-electron chi connectivity index (χ3n) is 3.22. The van der Waals surface area contributed by atoms with Gasteiger partial charge in [0.05, 0.1) is 11.4 Å². The maximum atomic E-state index is 12.0. The summed E-state index contributed by atoms with van der Waals surface area (Å²) in [5.74, 6) is -1.72. The zero-order valence-electron chi connectivity index (χ0n) is 11.2. The third-order valence-corrected chi connectivity index (χ3v) is 3.22. The van der Waals surface area contributed by atoms with Gasteiger partial charge in [-0.15, -0.1) is 0 Å². The van der Waals surface area contributed by atoms with Gasteiger partial charge in [-0.1, -0.05) is 13.0 Å². The van der Waals surface area contributed by atoms with E-state index >= 15 is 0 Å². The molecule has 1 amide bonds. The van der Waals surface area contributed by atoms with Crippen molar-refractivity contribution < 1.29 is 14.7 Å². The number of hydrogen-bond acceptors (Lipinski definition) is 3. The summed E-state index contributed by atoms with van der Waals surface area (Å²) in [4.78, 5) is 27.1. The van der Waals surface area contributed by atoms with E-state index in [4.69, 9.17) is 5.11 Å². The molecule has 20 heavy (non-hydrogen) atoms. The fourth-order valence-corrected chi connectivity index (χ4v) is 1.94. The van der Waals surface area contributed by atoms with Gasteiger partial charge in [-0.3, -0.25) is 14.6 Å². The minimum Gasteiger partial charge on any atom is -0.481 e. The van der Waals surface area contributed by atoms with Crippen molar-refractivity contribution in [2.75, 3.05) is 6.54 Å². The molecule has 104 valence electrons. The first-order valence-corrected chi connectivity index (χ1v) is 6.47. The molecule has 0 saturated heterocycles. The number of carboxylic acid groups (broad SMARTS) is 1. The average molecular weight is 272 g/mol. The first-order chi connectivity index (χ1) is 9.61. The molecule has 2 rings (SSSR count). The van der Waals surface area contributed by atoms with E-state index in [0.29, 0.717) is 12.0 Å². The first-order valence-electron chi connectivity index (χ1n) is 6.47. The van der Waals surface area contributed by atoms with Gasteiger partial charge in [-0.2, -0.15) is 0 Å². The van der Waals surface area contributed by atoms with Crippen LogP contribution < -0.4 is 5.32 Å². The molecule has 2 N–H and O–H groups in total. The van der Waals surface area contributed by atoms with Crippen molar-refractivity contribution in [3.8, 4) is 0 Å². The van der Waals surface area contributed by atoms with Crippen LogP contribution in [-0.4, -0.2) is 28.5 Å². The van der Waals surface area contributed by atoms with E-state index in [2.05, 4.69) is 10.3 Å². The van der Waals surface area contributed by atoms with E-state index < -0.39 is 11.9 Å². The Morgan fingerprint density at radius 2 is 2.15 bits per heavy atom. The molecule has 0 fully saturated rings. The summed E-state index contributed by atoms with van der Waals surface area (Å²) in [7, 11) is 0. The molecule has 0 spiro atoms. The van der Waals surface area contributed by atoms with Gasteiger partial charge in [0, 0.05) is 23.7 Å². The smallest absolute Gasteiger partial charge is 0.308 e. The topological polar surface area (TPSA) is 79.3 Å². The van der Waals surface area contributed by atoms with Crippen molar-refractivity contribution in [3.05, 3.63) is 42.1 Å². The Morgan fingerprint density at radius 1 is 1.35 bits per heavy atom. The van der Waals surface area contributed by atoms with Crippen LogP contribution in [0.3, 0.4) is 0 Å². The number of carbonyl (C=O) groups excluding carboxylic acids is 1. The second kappa shape index (κ2) is 6.14. The van der Waals surface area contributed by atoms with Crippen LogP contribution in [0, 0.1) is 5.92 Å². The fourth-order valence-electron chi connectivity index (χ4n) is 1.94. The van der Waals surface area contributed by atoms with Crippen LogP contribution in [0.2, 0.25) is 0 Å². The third kappa shape index (κ3) is 3.12. The minimum absolute atomic E-state index is 0.135. The highest BCUT2D eigenvalue weighted by atomic mass is 16.4. The summed E-state index contributed by atoms with van der Waals surface area (Å²) in [6.45, 7) is 1.92. The Kier molecular flexibility index (Phi) is 4.30. The molecule has 0 aliphatic heterocycles. The average Bonchev–Trinajstić information content (AvgIpc) is 2.46. The number of aromatic nitrogens is 1. The van der Waals surface area contributed by atoms with Crippen LogP contribution >= 0.6 is 0 Å². The lowest BCUT2D eigenvalue weighted by Crippen LogP contribution is -2.32. The zero-order valence-corrected chi connectivity index (χ0v) is 11.2. The predicted molar refractivity (Wildman–Crippen MR) is 75.5 cm³/mol. The molecule has 1 heterocycles. The molecule has 5 heteroatoms. The van der Waals surface area contributed by atoms with Crippen LogP contribution in [0.25, 0.3) is 10.9 Å². The summed E-state index contributed by atoms with van der Waals surface area (Å²) < 4.78 is 0. The second-order valence-electron chi connectivity index (χ2n) is 4.56. The van der Waals surface area contributed by atoms with Crippen LogP contribution in [0.1, 0.15) is 23.7 Å². The lowest BCUT2D eigenvalue weighted by Gasteiger charge is -2.11. The Bertz CT molecular complexity index is 640. The quantitative estimate of drug-likeness (QED) is 0.873. The van der Waals surface area contributed by atoms with Crippen LogP contribution in [0.15, 0.2) is 36.5 Å². The molecular formula is C15H16N2O3. The van der Waals surface area contributed by atoms with Crippen LogP contribution in [0.5, 0.6) is 0 Å². The Labute approximate surface area is 116 Å². The normalized spacial score (nSPS) is 12.1. The molecule has 0 radical (unpaired) electrons. The number of hydrogen-bond donors (Lipinski definition) is 2. The maximum Gasteiger partial charge on any atom is 0.308 e. The van der Waals surface area contributed by atoms with E-state index in [9.17, 15) is 9.59 Å². The van der Waals surface area contributed by atoms with Crippen molar-refractivity contribution in [1.29, 1.82) is 0 Å². The number of nitrogens with one attached hydrogen (secondary N) is 1. The number of aliphatic carboxylic acids is 1. The number of benzene rings is 1. The number of rotatable bonds is 5. The first kappa shape index (κ1) is 14.0. The summed E-state index contributed by atoms with van der Waals surface area (Å²) >= 11 is 0. The van der Waals surface area contributed by atoms with Gasteiger partial charge in [0.15, 0.2) is 0 Å². The Balaban J connectivity index is 2.09. The van der Waals surface area contributed by atoms with Crippen molar-refractivity contribution in [2.24, 2.45) is 5.92 Å². The SMILES string of the molecule is CCC(CNC(=O)c1ccc2ncccc2c1)C(=O)O. The van der Waals surface area contributed by atoms with Crippen molar-refractivity contribution in [3.63, 3.8) is 0 Å². The van der Waals surface area contributed by atoms with Crippen molar-refractivity contribution in [2.45, 2.75) is 13.3 Å². The number of pyridine rings is 1. The number of amides is 1. The zero-order chi connectivity index (χ0) is 14.5. The molecular weight excluding hydrogens is 256 g/mol. The number of carboxylic acids is 1. The van der Waals surface area contributed by atoms with Gasteiger partial charge >= 0.3 is 5.97 Å². The second-order valence-corrected chi connectivity index (χ2v) is 4.56. The van der Waals surface area contributed by atoms with Gasteiger partial charge < -0.3 is 10.4 Å². The van der Waals surface area contributed by atoms with Gasteiger partial charge in [0.1, 0.15) is 0 Å². The molecule has 0 aliphatic carbocycles. The van der Waals surface area contributed by atoms with Crippen LogP contribution in [-0.2, 0) is 4.79 Å². The van der Waals surface area contributed by atoms with Crippen LogP contribution in [0.4, 0.5) is 0 Å². The molecule has 2 aromatic rings. The van der Waals surface area contributed by atoms with Gasteiger partial charge in [-0.05, 0) is 30.7 Å². The minimum atomic E-state index is -0.893. The standard InChI is InChI=1S/C15H16N2O3/c1-2-10(15(19)20)9-17-14(18)12-5-6-13-11(8-12)4-3-7-16-13/h3-8,10H,2,9H2,1H3,(H,17,18)(H,19,20). The molecule has 1 unspecified atom stereocenters. The Morgan fingerprint density at radius 3 is 2.85 bits per heavy atom. The monoisotopic (exact) mass is 272 g/mol. The van der Waals surface area contributed by atoms with E-state index in [0.717, 1.165) is 10.9 Å². The summed E-state index contributed by atoms with van der Waals surface area (Å²) in [5, 5.41) is 12.5. The molecule has 1 atom stereocenters. The van der Waals surface area contributed by atoms with Crippen molar-refractivity contribution in [1.82, 2.24) is 10.3 Å². The number of carbonyl (C=O) groups is 2. The highest BCUT2D eigenvalue weighted by Gasteiger charge is 2.16. The molecule has 0 aliphatic rings. The fraction of sp³-hybridized carbons (Fsp3) is 0.267. The largest absolute Gasteiger partial charge is 0.481 e. The van der Waals surface area contributed by atoms with Gasteiger partial charge in [-0.25, -0.2) is 0 Å². The van der Waals surface area contributed by atoms with Gasteiger partial charge in [0.25, 0.3) is 5.91 Å². The van der Waals surface area contributed by atoms with E-state index in [-0.39, 0.29) is 12.5 Å². The summed E-state index contributed by atoms with van der Waals surface area (Å²) in [6.07, 6.45) is 2.18. The van der Waals surface area contributed by atoms with Crippen molar-refractivity contribution >= 4 is 22.8 Å². The molecule has 5 nitrogen and oxygen atoms in total. The van der Waals surface area contributed by atoms with Gasteiger partial charge in [0.2, 0.25) is 0 Å². The molecule has 1 aromatic heterocycles. The summed E-state index contributed by atoms with van der Waals surface area (Å²) in [5.41, 5.74) is 1.33. The maximum absolute atomic E-state index is 12.0.